The van der Waals surface area contributed by atoms with Gasteiger partial charge in [-0.05, 0) is 75.0 Å². The van der Waals surface area contributed by atoms with Crippen molar-refractivity contribution in [3.8, 4) is 17.0 Å². The van der Waals surface area contributed by atoms with Crippen LogP contribution in [0.25, 0.3) is 11.3 Å². The summed E-state index contributed by atoms with van der Waals surface area (Å²) in [5, 5.41) is 12.0. The lowest BCUT2D eigenvalue weighted by Crippen LogP contribution is -2.31. The molecule has 0 unspecified atom stereocenters. The van der Waals surface area contributed by atoms with E-state index >= 15 is 0 Å². The van der Waals surface area contributed by atoms with Gasteiger partial charge in [-0.25, -0.2) is 0 Å². The Labute approximate surface area is 162 Å². The van der Waals surface area contributed by atoms with E-state index < -0.39 is 11.7 Å². The average Bonchev–Trinajstić information content (AvgIpc) is 2.61. The molecule has 1 N–H and O–H groups in total. The monoisotopic (exact) mass is 401 g/mol. The van der Waals surface area contributed by atoms with Gasteiger partial charge in [-0.2, -0.15) is 18.3 Å². The third-order valence-corrected chi connectivity index (χ3v) is 4.72. The van der Waals surface area contributed by atoms with E-state index in [4.69, 9.17) is 4.74 Å². The van der Waals surface area contributed by atoms with Crippen molar-refractivity contribution in [3.05, 3.63) is 41.1 Å². The molecule has 2 aromatic rings. The van der Waals surface area contributed by atoms with E-state index in [1.54, 1.807) is 0 Å². The summed E-state index contributed by atoms with van der Waals surface area (Å²) in [7, 11) is 1.35. The number of hydrogen-bond acceptors (Lipinski definition) is 4. The lowest BCUT2D eigenvalue weighted by molar-refractivity contribution is -0.137. The van der Waals surface area contributed by atoms with Crippen molar-refractivity contribution >= 4 is 12.4 Å². The molecule has 4 nitrogen and oxygen atoms in total. The highest BCUT2D eigenvalue weighted by Gasteiger charge is 2.31. The minimum atomic E-state index is -4.41. The third-order valence-electron chi connectivity index (χ3n) is 4.72. The van der Waals surface area contributed by atoms with E-state index in [9.17, 15) is 13.2 Å². The Bertz CT molecular complexity index is 777. The fourth-order valence-corrected chi connectivity index (χ4v) is 3.36. The number of methoxy groups -OCH3 is 1. The number of ether oxygens (including phenoxy) is 1. The standard InChI is InChI=1S/C19H22F3N3O.ClH/c1-12-8-15(9-13-4-3-7-23-11-13)24-25-18(12)16-6-5-14(19(20,21)22)10-17(16)26-2;/h5-6,8,10,13,23H,3-4,7,9,11H2,1-2H3;1H/t13-;/m0./s1. The Morgan fingerprint density at radius 3 is 2.59 bits per heavy atom. The van der Waals surface area contributed by atoms with Crippen LogP contribution in [-0.2, 0) is 12.6 Å². The number of halogens is 4. The highest BCUT2D eigenvalue weighted by molar-refractivity contribution is 5.85. The van der Waals surface area contributed by atoms with E-state index in [2.05, 4.69) is 15.5 Å². The summed E-state index contributed by atoms with van der Waals surface area (Å²) in [6, 6.07) is 5.40. The van der Waals surface area contributed by atoms with Crippen LogP contribution in [-0.4, -0.2) is 30.4 Å². The summed E-state index contributed by atoms with van der Waals surface area (Å²) >= 11 is 0. The number of piperidine rings is 1. The van der Waals surface area contributed by atoms with Gasteiger partial charge in [0.05, 0.1) is 24.1 Å². The number of hydrogen-bond donors (Lipinski definition) is 1. The van der Waals surface area contributed by atoms with Crippen molar-refractivity contribution in [2.75, 3.05) is 20.2 Å². The lowest BCUT2D eigenvalue weighted by atomic mass is 9.94. The van der Waals surface area contributed by atoms with Crippen molar-refractivity contribution in [2.45, 2.75) is 32.4 Å². The topological polar surface area (TPSA) is 47.0 Å². The van der Waals surface area contributed by atoms with Crippen LogP contribution in [0.4, 0.5) is 13.2 Å². The lowest BCUT2D eigenvalue weighted by Gasteiger charge is -2.22. The van der Waals surface area contributed by atoms with Gasteiger partial charge in [-0.1, -0.05) is 0 Å². The first kappa shape index (κ1) is 21.4. The summed E-state index contributed by atoms with van der Waals surface area (Å²) in [4.78, 5) is 0. The Morgan fingerprint density at radius 1 is 1.22 bits per heavy atom. The number of benzene rings is 1. The van der Waals surface area contributed by atoms with Gasteiger partial charge in [-0.3, -0.25) is 0 Å². The molecule has 27 heavy (non-hydrogen) atoms. The molecule has 3 rings (SSSR count). The molecule has 0 saturated carbocycles. The van der Waals surface area contributed by atoms with Crippen LogP contribution in [0.2, 0.25) is 0 Å². The van der Waals surface area contributed by atoms with E-state index in [0.29, 0.717) is 17.2 Å². The van der Waals surface area contributed by atoms with Gasteiger partial charge in [-0.15, -0.1) is 17.5 Å². The maximum atomic E-state index is 12.9. The predicted molar refractivity (Wildman–Crippen MR) is 100 cm³/mol. The maximum absolute atomic E-state index is 12.9. The molecule has 2 heterocycles. The molecule has 1 aromatic carbocycles. The number of aryl methyl sites for hydroxylation is 1. The molecule has 0 radical (unpaired) electrons. The molecule has 0 amide bonds. The average molecular weight is 402 g/mol. The molecule has 1 aliphatic rings. The normalized spacial score (nSPS) is 17.3. The van der Waals surface area contributed by atoms with Gasteiger partial charge in [0.1, 0.15) is 5.75 Å². The second-order valence-electron chi connectivity index (χ2n) is 6.70. The molecule has 0 bridgehead atoms. The number of alkyl halides is 3. The fourth-order valence-electron chi connectivity index (χ4n) is 3.36. The zero-order chi connectivity index (χ0) is 18.7. The summed E-state index contributed by atoms with van der Waals surface area (Å²) < 4.78 is 43.9. The Morgan fingerprint density at radius 2 is 2.00 bits per heavy atom. The molecule has 1 atom stereocenters. The van der Waals surface area contributed by atoms with Crippen LogP contribution in [0.1, 0.15) is 29.7 Å². The summed E-state index contributed by atoms with van der Waals surface area (Å²) in [6.07, 6.45) is -1.23. The zero-order valence-corrected chi connectivity index (χ0v) is 16.1. The second kappa shape index (κ2) is 8.89. The Kier molecular flexibility index (Phi) is 7.06. The summed E-state index contributed by atoms with van der Waals surface area (Å²) in [5.41, 5.74) is 2.09. The first-order chi connectivity index (χ1) is 12.4. The van der Waals surface area contributed by atoms with Crippen LogP contribution in [0.15, 0.2) is 24.3 Å². The smallest absolute Gasteiger partial charge is 0.416 e. The molecule has 0 spiro atoms. The Hall–Kier alpha value is -1.86. The van der Waals surface area contributed by atoms with Crippen LogP contribution < -0.4 is 10.1 Å². The van der Waals surface area contributed by atoms with Crippen LogP contribution in [0, 0.1) is 12.8 Å². The summed E-state index contributed by atoms with van der Waals surface area (Å²) in [5.74, 6) is 0.686. The molecule has 1 fully saturated rings. The van der Waals surface area contributed by atoms with Crippen molar-refractivity contribution in [1.82, 2.24) is 15.5 Å². The minimum absolute atomic E-state index is 0. The first-order valence-corrected chi connectivity index (χ1v) is 8.68. The molecule has 148 valence electrons. The third kappa shape index (κ3) is 5.11. The van der Waals surface area contributed by atoms with Gasteiger partial charge in [0.15, 0.2) is 0 Å². The number of nitrogens with zero attached hydrogens (tertiary/aromatic N) is 2. The van der Waals surface area contributed by atoms with Gasteiger partial charge in [0, 0.05) is 5.56 Å². The van der Waals surface area contributed by atoms with Gasteiger partial charge < -0.3 is 10.1 Å². The quantitative estimate of drug-likeness (QED) is 0.822. The number of aromatic nitrogens is 2. The molecule has 1 aromatic heterocycles. The minimum Gasteiger partial charge on any atom is -0.496 e. The second-order valence-corrected chi connectivity index (χ2v) is 6.70. The fraction of sp³-hybridized carbons (Fsp3) is 0.474. The van der Waals surface area contributed by atoms with Crippen molar-refractivity contribution < 1.29 is 17.9 Å². The first-order valence-electron chi connectivity index (χ1n) is 8.68. The van der Waals surface area contributed by atoms with Crippen molar-refractivity contribution in [1.29, 1.82) is 0 Å². The number of nitrogens with one attached hydrogen (secondary N) is 1. The highest BCUT2D eigenvalue weighted by atomic mass is 35.5. The van der Waals surface area contributed by atoms with Gasteiger partial charge >= 0.3 is 6.18 Å². The summed E-state index contributed by atoms with van der Waals surface area (Å²) in [6.45, 7) is 3.94. The number of rotatable bonds is 4. The van der Waals surface area contributed by atoms with Crippen LogP contribution in [0.5, 0.6) is 5.75 Å². The predicted octanol–water partition coefficient (Wildman–Crippen LogP) is 4.44. The zero-order valence-electron chi connectivity index (χ0n) is 15.3. The molecular weight excluding hydrogens is 379 g/mol. The SMILES string of the molecule is COc1cc(C(F)(F)F)ccc1-c1nnc(C[C@@H]2CCCNC2)cc1C.Cl. The van der Waals surface area contributed by atoms with Gasteiger partial charge in [0.25, 0.3) is 0 Å². The maximum Gasteiger partial charge on any atom is 0.416 e. The molecule has 1 aliphatic heterocycles. The molecular formula is C19H23ClF3N3O. The molecule has 0 aliphatic carbocycles. The van der Waals surface area contributed by atoms with Crippen molar-refractivity contribution in [3.63, 3.8) is 0 Å². The Balaban J connectivity index is 0.00000261. The van der Waals surface area contributed by atoms with E-state index in [-0.39, 0.29) is 18.2 Å². The highest BCUT2D eigenvalue weighted by Crippen LogP contribution is 2.37. The largest absolute Gasteiger partial charge is 0.496 e. The van der Waals surface area contributed by atoms with Crippen LogP contribution in [0.3, 0.4) is 0 Å². The van der Waals surface area contributed by atoms with E-state index in [0.717, 1.165) is 49.3 Å². The molecule has 8 heteroatoms. The van der Waals surface area contributed by atoms with E-state index in [1.807, 2.05) is 13.0 Å². The van der Waals surface area contributed by atoms with Crippen LogP contribution >= 0.6 is 12.4 Å². The van der Waals surface area contributed by atoms with E-state index in [1.165, 1.54) is 19.6 Å². The van der Waals surface area contributed by atoms with Gasteiger partial charge in [0.2, 0.25) is 0 Å². The van der Waals surface area contributed by atoms with Crippen molar-refractivity contribution in [2.24, 2.45) is 5.92 Å². The molecule has 1 saturated heterocycles.